The van der Waals surface area contributed by atoms with Crippen molar-refractivity contribution in [2.24, 2.45) is 0 Å². The number of hydrogen-bond donors (Lipinski definition) is 0. The SMILES string of the molecule is Cc1occc1C(=O)N1C[C@H](Oc2ccccn2)[C@H]2OCCC[C@H]21. The van der Waals surface area contributed by atoms with Crippen molar-refractivity contribution in [3.05, 3.63) is 48.0 Å². The first-order chi connectivity index (χ1) is 11.7. The molecule has 0 bridgehead atoms. The highest BCUT2D eigenvalue weighted by Crippen LogP contribution is 2.32. The van der Waals surface area contributed by atoms with Gasteiger partial charge >= 0.3 is 0 Å². The molecule has 4 rings (SSSR count). The third kappa shape index (κ3) is 2.67. The van der Waals surface area contributed by atoms with E-state index >= 15 is 0 Å². The lowest BCUT2D eigenvalue weighted by Crippen LogP contribution is -2.44. The monoisotopic (exact) mass is 328 g/mol. The smallest absolute Gasteiger partial charge is 0.257 e. The zero-order valence-electron chi connectivity index (χ0n) is 13.6. The highest BCUT2D eigenvalue weighted by Gasteiger charge is 2.48. The Morgan fingerprint density at radius 2 is 2.29 bits per heavy atom. The number of nitrogens with zero attached hydrogens (tertiary/aromatic N) is 2. The summed E-state index contributed by atoms with van der Waals surface area (Å²) < 4.78 is 17.2. The number of ether oxygens (including phenoxy) is 2. The van der Waals surface area contributed by atoms with E-state index in [9.17, 15) is 4.79 Å². The maximum Gasteiger partial charge on any atom is 0.257 e. The average molecular weight is 328 g/mol. The van der Waals surface area contributed by atoms with Crippen LogP contribution >= 0.6 is 0 Å². The van der Waals surface area contributed by atoms with Crippen LogP contribution < -0.4 is 4.74 Å². The first kappa shape index (κ1) is 15.2. The number of likely N-dealkylation sites (tertiary alicyclic amines) is 1. The van der Waals surface area contributed by atoms with Gasteiger partial charge in [0.15, 0.2) is 0 Å². The van der Waals surface area contributed by atoms with Gasteiger partial charge in [-0.25, -0.2) is 4.98 Å². The number of carbonyl (C=O) groups is 1. The fraction of sp³-hybridized carbons (Fsp3) is 0.444. The van der Waals surface area contributed by atoms with Gasteiger partial charge in [-0.15, -0.1) is 0 Å². The minimum atomic E-state index is -0.207. The highest BCUT2D eigenvalue weighted by molar-refractivity contribution is 5.95. The van der Waals surface area contributed by atoms with Crippen LogP contribution in [0.2, 0.25) is 0 Å². The van der Waals surface area contributed by atoms with Crippen LogP contribution in [0, 0.1) is 6.92 Å². The number of amides is 1. The molecule has 24 heavy (non-hydrogen) atoms. The van der Waals surface area contributed by atoms with Crippen LogP contribution in [-0.2, 0) is 4.74 Å². The number of aryl methyl sites for hydroxylation is 1. The van der Waals surface area contributed by atoms with E-state index in [1.165, 1.54) is 0 Å². The first-order valence-corrected chi connectivity index (χ1v) is 8.28. The Morgan fingerprint density at radius 3 is 3.04 bits per heavy atom. The van der Waals surface area contributed by atoms with Crippen LogP contribution in [0.3, 0.4) is 0 Å². The molecule has 2 fully saturated rings. The van der Waals surface area contributed by atoms with Crippen molar-refractivity contribution in [2.45, 2.75) is 38.0 Å². The molecule has 2 aromatic rings. The molecule has 2 saturated heterocycles. The Kier molecular flexibility index (Phi) is 3.98. The highest BCUT2D eigenvalue weighted by atomic mass is 16.5. The van der Waals surface area contributed by atoms with Gasteiger partial charge in [-0.2, -0.15) is 0 Å². The summed E-state index contributed by atoms with van der Waals surface area (Å²) >= 11 is 0. The van der Waals surface area contributed by atoms with E-state index in [1.807, 2.05) is 23.1 Å². The van der Waals surface area contributed by atoms with Crippen LogP contribution in [0.25, 0.3) is 0 Å². The maximum atomic E-state index is 12.9. The van der Waals surface area contributed by atoms with Gasteiger partial charge in [0, 0.05) is 18.9 Å². The lowest BCUT2D eigenvalue weighted by molar-refractivity contribution is -0.0455. The predicted octanol–water partition coefficient (Wildman–Crippen LogP) is 2.43. The largest absolute Gasteiger partial charge is 0.470 e. The molecule has 4 heterocycles. The van der Waals surface area contributed by atoms with Crippen LogP contribution in [0.4, 0.5) is 0 Å². The van der Waals surface area contributed by atoms with Crippen LogP contribution in [-0.4, -0.2) is 47.2 Å². The third-order valence-corrected chi connectivity index (χ3v) is 4.74. The molecule has 0 radical (unpaired) electrons. The summed E-state index contributed by atoms with van der Waals surface area (Å²) in [7, 11) is 0. The number of pyridine rings is 1. The molecule has 1 amide bonds. The molecule has 0 aliphatic carbocycles. The van der Waals surface area contributed by atoms with Gasteiger partial charge in [-0.05, 0) is 31.9 Å². The molecule has 6 heteroatoms. The van der Waals surface area contributed by atoms with Crippen LogP contribution in [0.1, 0.15) is 29.0 Å². The van der Waals surface area contributed by atoms with Gasteiger partial charge in [0.05, 0.1) is 24.4 Å². The summed E-state index contributed by atoms with van der Waals surface area (Å²) in [5.74, 6) is 1.18. The van der Waals surface area contributed by atoms with E-state index in [0.717, 1.165) is 12.8 Å². The zero-order chi connectivity index (χ0) is 16.5. The summed E-state index contributed by atoms with van der Waals surface area (Å²) in [6.07, 6.45) is 4.80. The van der Waals surface area contributed by atoms with Crippen molar-refractivity contribution in [1.29, 1.82) is 0 Å². The van der Waals surface area contributed by atoms with Gasteiger partial charge in [0.25, 0.3) is 5.91 Å². The molecule has 6 nitrogen and oxygen atoms in total. The quantitative estimate of drug-likeness (QED) is 0.866. The fourth-order valence-electron chi connectivity index (χ4n) is 3.58. The maximum absolute atomic E-state index is 12.9. The number of hydrogen-bond acceptors (Lipinski definition) is 5. The van der Waals surface area contributed by atoms with E-state index in [4.69, 9.17) is 13.9 Å². The molecule has 0 spiro atoms. The van der Waals surface area contributed by atoms with Gasteiger partial charge < -0.3 is 18.8 Å². The van der Waals surface area contributed by atoms with E-state index < -0.39 is 0 Å². The van der Waals surface area contributed by atoms with Crippen molar-refractivity contribution in [2.75, 3.05) is 13.2 Å². The molecule has 0 saturated carbocycles. The number of aromatic nitrogens is 1. The minimum absolute atomic E-state index is 0.0196. The molecule has 126 valence electrons. The van der Waals surface area contributed by atoms with Gasteiger partial charge in [-0.1, -0.05) is 6.07 Å². The Balaban J connectivity index is 1.57. The molecular formula is C18H20N2O4. The minimum Gasteiger partial charge on any atom is -0.470 e. The van der Waals surface area contributed by atoms with Crippen LogP contribution in [0.15, 0.2) is 41.1 Å². The Labute approximate surface area is 140 Å². The Morgan fingerprint density at radius 1 is 1.38 bits per heavy atom. The number of carbonyl (C=O) groups excluding carboxylic acids is 1. The summed E-state index contributed by atoms with van der Waals surface area (Å²) in [6, 6.07) is 7.31. The Hall–Kier alpha value is -2.34. The van der Waals surface area contributed by atoms with E-state index in [1.54, 1.807) is 25.5 Å². The van der Waals surface area contributed by atoms with Gasteiger partial charge in [0.1, 0.15) is 18.0 Å². The summed E-state index contributed by atoms with van der Waals surface area (Å²) in [6.45, 7) is 3.01. The van der Waals surface area contributed by atoms with Crippen molar-refractivity contribution < 1.29 is 18.7 Å². The molecular weight excluding hydrogens is 308 g/mol. The molecule has 2 aromatic heterocycles. The number of fused-ring (bicyclic) bond motifs is 1. The fourth-order valence-corrected chi connectivity index (χ4v) is 3.58. The summed E-state index contributed by atoms with van der Waals surface area (Å²) in [5.41, 5.74) is 0.609. The first-order valence-electron chi connectivity index (χ1n) is 8.28. The third-order valence-electron chi connectivity index (χ3n) is 4.74. The van der Waals surface area contributed by atoms with Crippen molar-refractivity contribution in [3.8, 4) is 5.88 Å². The second-order valence-electron chi connectivity index (χ2n) is 6.22. The lowest BCUT2D eigenvalue weighted by Gasteiger charge is -2.31. The van der Waals surface area contributed by atoms with E-state index in [-0.39, 0.29) is 24.2 Å². The number of rotatable bonds is 3. The lowest BCUT2D eigenvalue weighted by atomic mass is 10.0. The second-order valence-corrected chi connectivity index (χ2v) is 6.22. The Bertz CT molecular complexity index is 715. The van der Waals surface area contributed by atoms with E-state index in [2.05, 4.69) is 4.98 Å². The van der Waals surface area contributed by atoms with Gasteiger partial charge in [0.2, 0.25) is 5.88 Å². The average Bonchev–Trinajstić information content (AvgIpc) is 3.20. The molecule has 2 aliphatic rings. The molecule has 3 atom stereocenters. The normalized spacial score (nSPS) is 26.2. The summed E-state index contributed by atoms with van der Waals surface area (Å²) in [4.78, 5) is 19.0. The standard InChI is InChI=1S/C18H20N2O4/c1-12-13(7-10-22-12)18(21)20-11-15(17-14(20)5-4-9-23-17)24-16-6-2-3-8-19-16/h2-3,6-8,10,14-15,17H,4-5,9,11H2,1H3/t14-,15+,17+/m1/s1. The van der Waals surface area contributed by atoms with Crippen molar-refractivity contribution >= 4 is 5.91 Å². The van der Waals surface area contributed by atoms with Gasteiger partial charge in [-0.3, -0.25) is 4.79 Å². The zero-order valence-corrected chi connectivity index (χ0v) is 13.6. The second kappa shape index (κ2) is 6.28. The van der Waals surface area contributed by atoms with E-state index in [0.29, 0.717) is 30.4 Å². The predicted molar refractivity (Wildman–Crippen MR) is 85.9 cm³/mol. The number of furan rings is 1. The molecule has 2 aliphatic heterocycles. The summed E-state index contributed by atoms with van der Waals surface area (Å²) in [5, 5.41) is 0. The van der Waals surface area contributed by atoms with Crippen molar-refractivity contribution in [3.63, 3.8) is 0 Å². The molecule has 0 aromatic carbocycles. The molecule has 0 unspecified atom stereocenters. The molecule has 0 N–H and O–H groups in total. The van der Waals surface area contributed by atoms with Crippen molar-refractivity contribution in [1.82, 2.24) is 9.88 Å². The van der Waals surface area contributed by atoms with Crippen LogP contribution in [0.5, 0.6) is 5.88 Å². The topological polar surface area (TPSA) is 64.8 Å².